The van der Waals surface area contributed by atoms with E-state index in [2.05, 4.69) is 5.32 Å². The predicted octanol–water partition coefficient (Wildman–Crippen LogP) is 2.20. The first-order valence-electron chi connectivity index (χ1n) is 8.80. The quantitative estimate of drug-likeness (QED) is 0.844. The molecule has 2 saturated heterocycles. The second-order valence-electron chi connectivity index (χ2n) is 7.28. The van der Waals surface area contributed by atoms with Crippen molar-refractivity contribution in [1.82, 2.24) is 10.2 Å². The van der Waals surface area contributed by atoms with Crippen LogP contribution in [-0.4, -0.2) is 54.1 Å². The van der Waals surface area contributed by atoms with Crippen molar-refractivity contribution >= 4 is 35.2 Å². The van der Waals surface area contributed by atoms with Crippen molar-refractivity contribution in [2.45, 2.75) is 19.3 Å². The molecule has 0 bridgehead atoms. The van der Waals surface area contributed by atoms with Gasteiger partial charge in [0.25, 0.3) is 5.91 Å². The van der Waals surface area contributed by atoms with Gasteiger partial charge in [-0.25, -0.2) is 4.79 Å². The summed E-state index contributed by atoms with van der Waals surface area (Å²) in [5.74, 6) is -1.09. The number of carbonyl (C=O) groups excluding carboxylic acids is 2. The number of aliphatic carboxylic acids is 1. The number of hydrogen-bond donors (Lipinski definition) is 2. The van der Waals surface area contributed by atoms with Crippen LogP contribution in [0.2, 0.25) is 5.02 Å². The van der Waals surface area contributed by atoms with Crippen LogP contribution >= 0.6 is 11.6 Å². The number of carboxylic acid groups (broad SMARTS) is 1. The van der Waals surface area contributed by atoms with Crippen LogP contribution in [-0.2, 0) is 4.79 Å². The van der Waals surface area contributed by atoms with Crippen molar-refractivity contribution in [1.29, 1.82) is 0 Å². The molecule has 2 N–H and O–H groups in total. The number of nitrogens with zero attached hydrogens (tertiary/aromatic N) is 2. The van der Waals surface area contributed by atoms with Gasteiger partial charge in [0.05, 0.1) is 16.0 Å². The van der Waals surface area contributed by atoms with E-state index in [4.69, 9.17) is 11.6 Å². The molecule has 3 fully saturated rings. The van der Waals surface area contributed by atoms with Crippen LogP contribution in [0.15, 0.2) is 18.2 Å². The van der Waals surface area contributed by atoms with Gasteiger partial charge < -0.3 is 15.3 Å². The third-order valence-corrected chi connectivity index (χ3v) is 6.26. The molecule has 1 aliphatic carbocycles. The highest BCUT2D eigenvalue weighted by Crippen LogP contribution is 2.49. The smallest absolute Gasteiger partial charge is 0.321 e. The van der Waals surface area contributed by atoms with Gasteiger partial charge in [-0.1, -0.05) is 18.0 Å². The van der Waals surface area contributed by atoms with Crippen molar-refractivity contribution in [2.75, 3.05) is 31.1 Å². The van der Waals surface area contributed by atoms with Crippen molar-refractivity contribution in [3.63, 3.8) is 0 Å². The molecule has 3 amide bonds. The fraction of sp³-hybridized carbons (Fsp3) is 0.500. The first-order chi connectivity index (χ1) is 12.4. The Balaban J connectivity index is 1.61. The highest BCUT2D eigenvalue weighted by Gasteiger charge is 2.55. The Kier molecular flexibility index (Phi) is 4.06. The Morgan fingerprint density at radius 1 is 1.35 bits per heavy atom. The summed E-state index contributed by atoms with van der Waals surface area (Å²) in [6, 6.07) is 4.74. The lowest BCUT2D eigenvalue weighted by Crippen LogP contribution is -2.37. The Morgan fingerprint density at radius 3 is 2.81 bits per heavy atom. The van der Waals surface area contributed by atoms with Gasteiger partial charge in [0.2, 0.25) is 0 Å². The second-order valence-corrected chi connectivity index (χ2v) is 7.69. The molecule has 26 heavy (non-hydrogen) atoms. The first kappa shape index (κ1) is 17.1. The van der Waals surface area contributed by atoms with Crippen molar-refractivity contribution in [3.05, 3.63) is 28.8 Å². The number of likely N-dealkylation sites (tertiary alicyclic amines) is 1. The SMILES string of the molecule is O=C(c1cc(N2CCNC2=O)ccc1Cl)N1C[C@@H]2CCC[C@@]2(C(=O)O)C1. The van der Waals surface area contributed by atoms with Gasteiger partial charge in [0.1, 0.15) is 0 Å². The van der Waals surface area contributed by atoms with E-state index in [1.807, 2.05) is 0 Å². The third kappa shape index (κ3) is 2.53. The average molecular weight is 378 g/mol. The van der Waals surface area contributed by atoms with Crippen LogP contribution < -0.4 is 10.2 Å². The van der Waals surface area contributed by atoms with Gasteiger partial charge in [-0.3, -0.25) is 14.5 Å². The Morgan fingerprint density at radius 2 is 2.15 bits per heavy atom. The summed E-state index contributed by atoms with van der Waals surface area (Å²) >= 11 is 6.25. The van der Waals surface area contributed by atoms with Crippen LogP contribution in [0, 0.1) is 11.3 Å². The number of hydrogen-bond acceptors (Lipinski definition) is 3. The monoisotopic (exact) mass is 377 g/mol. The zero-order valence-corrected chi connectivity index (χ0v) is 15.0. The summed E-state index contributed by atoms with van der Waals surface area (Å²) in [7, 11) is 0. The Labute approximate surface area is 155 Å². The van der Waals surface area contributed by atoms with Gasteiger partial charge in [-0.2, -0.15) is 0 Å². The van der Waals surface area contributed by atoms with Crippen LogP contribution in [0.1, 0.15) is 29.6 Å². The molecule has 0 radical (unpaired) electrons. The average Bonchev–Trinajstić information content (AvgIpc) is 3.28. The molecule has 138 valence electrons. The van der Waals surface area contributed by atoms with E-state index in [1.54, 1.807) is 28.0 Å². The molecule has 3 aliphatic rings. The number of fused-ring (bicyclic) bond motifs is 1. The van der Waals surface area contributed by atoms with Crippen LogP contribution in [0.25, 0.3) is 0 Å². The molecular formula is C18H20ClN3O4. The summed E-state index contributed by atoms with van der Waals surface area (Å²) < 4.78 is 0. The summed E-state index contributed by atoms with van der Waals surface area (Å²) in [5, 5.41) is 12.7. The molecule has 1 saturated carbocycles. The highest BCUT2D eigenvalue weighted by atomic mass is 35.5. The van der Waals surface area contributed by atoms with Gasteiger partial charge in [0.15, 0.2) is 0 Å². The maximum absolute atomic E-state index is 13.0. The lowest BCUT2D eigenvalue weighted by atomic mass is 9.81. The summed E-state index contributed by atoms with van der Waals surface area (Å²) in [6.07, 6.45) is 2.33. The molecule has 0 aromatic heterocycles. The summed E-state index contributed by atoms with van der Waals surface area (Å²) in [4.78, 5) is 39.9. The summed E-state index contributed by atoms with van der Waals surface area (Å²) in [5.41, 5.74) is 0.0960. The van der Waals surface area contributed by atoms with Crippen molar-refractivity contribution in [2.24, 2.45) is 11.3 Å². The third-order valence-electron chi connectivity index (χ3n) is 5.93. The van der Waals surface area contributed by atoms with Crippen molar-refractivity contribution < 1.29 is 19.5 Å². The van der Waals surface area contributed by atoms with E-state index in [-0.39, 0.29) is 24.4 Å². The fourth-order valence-electron chi connectivity index (χ4n) is 4.53. The van der Waals surface area contributed by atoms with E-state index in [1.165, 1.54) is 0 Å². The topological polar surface area (TPSA) is 90.0 Å². The second kappa shape index (κ2) is 6.16. The molecule has 8 heteroatoms. The molecule has 2 heterocycles. The molecule has 2 aliphatic heterocycles. The predicted molar refractivity (Wildman–Crippen MR) is 95.5 cm³/mol. The van der Waals surface area contributed by atoms with Crippen LogP contribution in [0.4, 0.5) is 10.5 Å². The van der Waals surface area contributed by atoms with E-state index in [0.717, 1.165) is 12.8 Å². The normalized spacial score (nSPS) is 27.6. The molecule has 7 nitrogen and oxygen atoms in total. The first-order valence-corrected chi connectivity index (χ1v) is 9.18. The minimum Gasteiger partial charge on any atom is -0.481 e. The number of amides is 3. The number of urea groups is 1. The molecule has 1 aromatic carbocycles. The summed E-state index contributed by atoms with van der Waals surface area (Å²) in [6.45, 7) is 1.74. The maximum atomic E-state index is 13.0. The molecule has 2 atom stereocenters. The molecule has 4 rings (SSSR count). The van der Waals surface area contributed by atoms with E-state index in [0.29, 0.717) is 42.3 Å². The van der Waals surface area contributed by atoms with Gasteiger partial charge in [0, 0.05) is 31.9 Å². The highest BCUT2D eigenvalue weighted by molar-refractivity contribution is 6.34. The van der Waals surface area contributed by atoms with Gasteiger partial charge >= 0.3 is 12.0 Å². The molecule has 0 spiro atoms. The van der Waals surface area contributed by atoms with E-state index < -0.39 is 11.4 Å². The van der Waals surface area contributed by atoms with E-state index in [9.17, 15) is 19.5 Å². The number of nitrogens with one attached hydrogen (secondary N) is 1. The largest absolute Gasteiger partial charge is 0.481 e. The van der Waals surface area contributed by atoms with E-state index >= 15 is 0 Å². The number of carboxylic acids is 1. The maximum Gasteiger partial charge on any atom is 0.321 e. The molecule has 0 unspecified atom stereocenters. The number of rotatable bonds is 3. The minimum atomic E-state index is -0.825. The number of halogens is 1. The van der Waals surface area contributed by atoms with Crippen LogP contribution in [0.3, 0.4) is 0 Å². The lowest BCUT2D eigenvalue weighted by Gasteiger charge is -2.24. The van der Waals surface area contributed by atoms with Crippen LogP contribution in [0.5, 0.6) is 0 Å². The zero-order valence-electron chi connectivity index (χ0n) is 14.2. The van der Waals surface area contributed by atoms with Gasteiger partial charge in [-0.05, 0) is 37.0 Å². The Hall–Kier alpha value is -2.28. The molecule has 1 aromatic rings. The number of carbonyl (C=O) groups is 3. The fourth-order valence-corrected chi connectivity index (χ4v) is 4.73. The number of anilines is 1. The molecular weight excluding hydrogens is 358 g/mol. The lowest BCUT2D eigenvalue weighted by molar-refractivity contribution is -0.149. The number of benzene rings is 1. The minimum absolute atomic E-state index is 0.00438. The van der Waals surface area contributed by atoms with Crippen molar-refractivity contribution in [3.8, 4) is 0 Å². The standard InChI is InChI=1S/C18H20ClN3O4/c19-14-4-3-12(22-7-6-20-17(22)26)8-13(14)15(23)21-9-11-2-1-5-18(11,10-21)16(24)25/h3-4,8,11H,1-2,5-7,9-10H2,(H,20,26)(H,24,25)/t11-,18+/m0/s1. The zero-order chi connectivity index (χ0) is 18.5. The van der Waals surface area contributed by atoms with Gasteiger partial charge in [-0.15, -0.1) is 0 Å². The Bertz CT molecular complexity index is 799.